The van der Waals surface area contributed by atoms with Crippen molar-refractivity contribution in [1.82, 2.24) is 5.43 Å². The summed E-state index contributed by atoms with van der Waals surface area (Å²) >= 11 is 8.41. The average molecular weight is 401 g/mol. The summed E-state index contributed by atoms with van der Waals surface area (Å²) in [4.78, 5) is 0. The maximum atomic E-state index is 6.19. The number of hydrogen-bond donors (Lipinski definition) is 2. The highest BCUT2D eigenvalue weighted by Gasteiger charge is 2.13. The maximum absolute atomic E-state index is 6.19. The van der Waals surface area contributed by atoms with Gasteiger partial charge in [-0.2, -0.15) is 0 Å². The standard InChI is InChI=1S/C16H18ClIN2/c1-10(2)11-3-5-12(6-4-11)16(20-19)13-7-8-15(18)14(17)9-13/h3-10,16,20H,19H2,1-2H3. The van der Waals surface area contributed by atoms with Gasteiger partial charge in [-0.1, -0.05) is 55.8 Å². The Balaban J connectivity index is 2.33. The predicted molar refractivity (Wildman–Crippen MR) is 93.9 cm³/mol. The van der Waals surface area contributed by atoms with Crippen LogP contribution < -0.4 is 11.3 Å². The Kier molecular flexibility index (Phi) is 5.43. The van der Waals surface area contributed by atoms with Gasteiger partial charge >= 0.3 is 0 Å². The first-order chi connectivity index (χ1) is 9.52. The molecule has 0 saturated carbocycles. The van der Waals surface area contributed by atoms with Gasteiger partial charge in [0.05, 0.1) is 11.1 Å². The second kappa shape index (κ2) is 6.89. The van der Waals surface area contributed by atoms with Gasteiger partial charge in [-0.15, -0.1) is 0 Å². The Morgan fingerprint density at radius 3 is 2.05 bits per heavy atom. The van der Waals surface area contributed by atoms with Gasteiger partial charge in [-0.3, -0.25) is 5.84 Å². The Morgan fingerprint density at radius 1 is 1.00 bits per heavy atom. The smallest absolute Gasteiger partial charge is 0.0710 e. The molecule has 0 bridgehead atoms. The van der Waals surface area contributed by atoms with Crippen molar-refractivity contribution in [3.05, 3.63) is 67.7 Å². The van der Waals surface area contributed by atoms with Crippen molar-refractivity contribution in [3.8, 4) is 0 Å². The molecule has 2 rings (SSSR count). The van der Waals surface area contributed by atoms with E-state index in [0.717, 1.165) is 19.7 Å². The topological polar surface area (TPSA) is 38.0 Å². The molecule has 0 radical (unpaired) electrons. The predicted octanol–water partition coefficient (Wildman–Crippen LogP) is 4.62. The third-order valence-electron chi connectivity index (χ3n) is 3.38. The van der Waals surface area contributed by atoms with E-state index in [2.05, 4.69) is 72.2 Å². The lowest BCUT2D eigenvalue weighted by atomic mass is 9.96. The number of hydrazine groups is 1. The zero-order chi connectivity index (χ0) is 14.7. The molecular formula is C16H18ClIN2. The molecule has 3 N–H and O–H groups in total. The molecule has 0 fully saturated rings. The van der Waals surface area contributed by atoms with Crippen molar-refractivity contribution in [2.24, 2.45) is 5.84 Å². The molecule has 1 unspecified atom stereocenters. The molecule has 0 spiro atoms. The first kappa shape index (κ1) is 15.8. The van der Waals surface area contributed by atoms with Gasteiger partial charge < -0.3 is 0 Å². The van der Waals surface area contributed by atoms with E-state index in [0.29, 0.717) is 5.92 Å². The minimum absolute atomic E-state index is 0.0503. The third-order valence-corrected chi connectivity index (χ3v) is 4.95. The van der Waals surface area contributed by atoms with E-state index in [1.165, 1.54) is 5.56 Å². The molecule has 106 valence electrons. The fraction of sp³-hybridized carbons (Fsp3) is 0.250. The van der Waals surface area contributed by atoms with E-state index in [4.69, 9.17) is 17.4 Å². The number of benzene rings is 2. The van der Waals surface area contributed by atoms with Crippen LogP contribution in [0.1, 0.15) is 42.5 Å². The fourth-order valence-electron chi connectivity index (χ4n) is 2.15. The van der Waals surface area contributed by atoms with Crippen molar-refractivity contribution in [3.63, 3.8) is 0 Å². The van der Waals surface area contributed by atoms with Gasteiger partial charge in [-0.05, 0) is 57.3 Å². The Bertz CT molecular complexity index is 582. The number of rotatable bonds is 4. The lowest BCUT2D eigenvalue weighted by molar-refractivity contribution is 0.636. The molecule has 0 aliphatic heterocycles. The molecule has 2 nitrogen and oxygen atoms in total. The van der Waals surface area contributed by atoms with Gasteiger partial charge in [0.1, 0.15) is 0 Å². The maximum Gasteiger partial charge on any atom is 0.0710 e. The average Bonchev–Trinajstić information content (AvgIpc) is 2.44. The minimum atomic E-state index is -0.0503. The highest BCUT2D eigenvalue weighted by Crippen LogP contribution is 2.27. The van der Waals surface area contributed by atoms with Crippen LogP contribution in [0.3, 0.4) is 0 Å². The fourth-order valence-corrected chi connectivity index (χ4v) is 2.67. The molecule has 4 heteroatoms. The number of halogens is 2. The monoisotopic (exact) mass is 400 g/mol. The second-order valence-electron chi connectivity index (χ2n) is 5.09. The number of nitrogens with two attached hydrogens (primary N) is 1. The quantitative estimate of drug-likeness (QED) is 0.446. The van der Waals surface area contributed by atoms with Crippen LogP contribution in [0.15, 0.2) is 42.5 Å². The summed E-state index contributed by atoms with van der Waals surface area (Å²) in [5, 5.41) is 0.752. The Morgan fingerprint density at radius 2 is 1.55 bits per heavy atom. The Hall–Kier alpha value is -0.620. The van der Waals surface area contributed by atoms with Crippen LogP contribution in [0.2, 0.25) is 5.02 Å². The first-order valence-corrected chi connectivity index (χ1v) is 7.99. The molecule has 0 aliphatic carbocycles. The van der Waals surface area contributed by atoms with Crippen LogP contribution >= 0.6 is 34.2 Å². The lowest BCUT2D eigenvalue weighted by Crippen LogP contribution is -2.28. The van der Waals surface area contributed by atoms with Crippen molar-refractivity contribution >= 4 is 34.2 Å². The highest BCUT2D eigenvalue weighted by atomic mass is 127. The van der Waals surface area contributed by atoms with E-state index in [1.807, 2.05) is 12.1 Å². The zero-order valence-electron chi connectivity index (χ0n) is 11.5. The van der Waals surface area contributed by atoms with Gasteiger partial charge in [-0.25, -0.2) is 5.43 Å². The van der Waals surface area contributed by atoms with Crippen molar-refractivity contribution in [2.45, 2.75) is 25.8 Å². The van der Waals surface area contributed by atoms with Crippen LogP contribution in [0.25, 0.3) is 0 Å². The van der Waals surface area contributed by atoms with E-state index in [9.17, 15) is 0 Å². The summed E-state index contributed by atoms with van der Waals surface area (Å²) in [5.41, 5.74) is 6.39. The SMILES string of the molecule is CC(C)c1ccc(C(NN)c2ccc(I)c(Cl)c2)cc1. The van der Waals surface area contributed by atoms with E-state index >= 15 is 0 Å². The molecule has 0 amide bonds. The molecule has 0 aliphatic rings. The Labute approximate surface area is 138 Å². The molecule has 0 heterocycles. The van der Waals surface area contributed by atoms with Gasteiger partial charge in [0.25, 0.3) is 0 Å². The summed E-state index contributed by atoms with van der Waals surface area (Å²) in [7, 11) is 0. The number of hydrogen-bond acceptors (Lipinski definition) is 2. The first-order valence-electron chi connectivity index (χ1n) is 6.54. The molecule has 2 aromatic carbocycles. The van der Waals surface area contributed by atoms with E-state index in [1.54, 1.807) is 0 Å². The van der Waals surface area contributed by atoms with Crippen molar-refractivity contribution < 1.29 is 0 Å². The van der Waals surface area contributed by atoms with Gasteiger partial charge in [0.2, 0.25) is 0 Å². The lowest BCUT2D eigenvalue weighted by Gasteiger charge is -2.18. The number of nitrogens with one attached hydrogen (secondary N) is 1. The summed E-state index contributed by atoms with van der Waals surface area (Å²) in [5.74, 6) is 6.26. The summed E-state index contributed by atoms with van der Waals surface area (Å²) in [6.45, 7) is 4.37. The molecular weight excluding hydrogens is 383 g/mol. The zero-order valence-corrected chi connectivity index (χ0v) is 14.4. The van der Waals surface area contributed by atoms with Crippen LogP contribution in [-0.2, 0) is 0 Å². The van der Waals surface area contributed by atoms with Crippen molar-refractivity contribution in [1.29, 1.82) is 0 Å². The highest BCUT2D eigenvalue weighted by molar-refractivity contribution is 14.1. The molecule has 20 heavy (non-hydrogen) atoms. The van der Waals surface area contributed by atoms with Crippen LogP contribution in [0.5, 0.6) is 0 Å². The summed E-state index contributed by atoms with van der Waals surface area (Å²) in [6.07, 6.45) is 0. The normalized spacial score (nSPS) is 12.7. The van der Waals surface area contributed by atoms with Crippen molar-refractivity contribution in [2.75, 3.05) is 0 Å². The van der Waals surface area contributed by atoms with E-state index in [-0.39, 0.29) is 6.04 Å². The summed E-state index contributed by atoms with van der Waals surface area (Å²) < 4.78 is 1.04. The summed E-state index contributed by atoms with van der Waals surface area (Å²) in [6, 6.07) is 14.5. The minimum Gasteiger partial charge on any atom is -0.271 e. The van der Waals surface area contributed by atoms with Crippen LogP contribution in [0.4, 0.5) is 0 Å². The van der Waals surface area contributed by atoms with Crippen LogP contribution in [0, 0.1) is 3.57 Å². The molecule has 0 saturated heterocycles. The molecule has 1 atom stereocenters. The molecule has 2 aromatic rings. The van der Waals surface area contributed by atoms with E-state index < -0.39 is 0 Å². The largest absolute Gasteiger partial charge is 0.271 e. The van der Waals surface area contributed by atoms with Gasteiger partial charge in [0, 0.05) is 3.57 Å². The van der Waals surface area contributed by atoms with Crippen LogP contribution in [-0.4, -0.2) is 0 Å². The molecule has 0 aromatic heterocycles. The van der Waals surface area contributed by atoms with Gasteiger partial charge in [0.15, 0.2) is 0 Å². The second-order valence-corrected chi connectivity index (χ2v) is 6.66. The third kappa shape index (κ3) is 3.52.